The van der Waals surface area contributed by atoms with Crippen molar-refractivity contribution >= 4 is 17.8 Å². The first-order valence-corrected chi connectivity index (χ1v) is 5.25. The first kappa shape index (κ1) is 15.2. The van der Waals surface area contributed by atoms with Crippen molar-refractivity contribution in [3.8, 4) is 0 Å². The van der Waals surface area contributed by atoms with Crippen LogP contribution in [0.1, 0.15) is 27.2 Å². The van der Waals surface area contributed by atoms with E-state index in [0.29, 0.717) is 12.1 Å². The minimum atomic E-state index is -1.18. The summed E-state index contributed by atoms with van der Waals surface area (Å²) in [6.07, 6.45) is -0.515. The standard InChI is InChI=1S/C11H18N2O4/c1-5-9(4)12-13(11(15)16)6-7-17-10(14)8(2)3/h2,5-7H2,1,3-4H3,(H,15,16). The predicted molar refractivity (Wildman–Crippen MR) is 63.9 cm³/mol. The van der Waals surface area contributed by atoms with Gasteiger partial charge in [0.25, 0.3) is 0 Å². The summed E-state index contributed by atoms with van der Waals surface area (Å²) in [5.74, 6) is -0.536. The second-order valence-electron chi connectivity index (χ2n) is 3.51. The summed E-state index contributed by atoms with van der Waals surface area (Å²) in [5.41, 5.74) is 0.971. The Hall–Kier alpha value is -1.85. The van der Waals surface area contributed by atoms with Crippen molar-refractivity contribution in [3.63, 3.8) is 0 Å². The summed E-state index contributed by atoms with van der Waals surface area (Å²) in [7, 11) is 0. The van der Waals surface area contributed by atoms with Gasteiger partial charge in [-0.3, -0.25) is 0 Å². The Labute approximate surface area is 101 Å². The van der Waals surface area contributed by atoms with Crippen molar-refractivity contribution in [1.29, 1.82) is 0 Å². The Morgan fingerprint density at radius 2 is 2.00 bits per heavy atom. The number of hydrazone groups is 1. The number of carbonyl (C=O) groups excluding carboxylic acids is 1. The van der Waals surface area contributed by atoms with E-state index in [1.54, 1.807) is 6.92 Å². The molecule has 0 aliphatic rings. The van der Waals surface area contributed by atoms with Gasteiger partial charge in [-0.2, -0.15) is 10.1 Å². The average Bonchev–Trinajstić information content (AvgIpc) is 2.26. The summed E-state index contributed by atoms with van der Waals surface area (Å²) in [6, 6.07) is 0. The smallest absolute Gasteiger partial charge is 0.428 e. The van der Waals surface area contributed by atoms with Gasteiger partial charge in [-0.05, 0) is 20.3 Å². The minimum Gasteiger partial charge on any atom is -0.464 e. The lowest BCUT2D eigenvalue weighted by Crippen LogP contribution is -2.29. The Kier molecular flexibility index (Phi) is 6.62. The molecule has 17 heavy (non-hydrogen) atoms. The summed E-state index contributed by atoms with van der Waals surface area (Å²) in [5, 5.41) is 13.6. The fraction of sp³-hybridized carbons (Fsp3) is 0.545. The fourth-order valence-electron chi connectivity index (χ4n) is 0.813. The SMILES string of the molecule is C=C(C)C(=O)OCCN(N=C(C)CC)C(=O)O. The number of hydrogen-bond acceptors (Lipinski definition) is 4. The van der Waals surface area contributed by atoms with E-state index in [4.69, 9.17) is 9.84 Å². The Morgan fingerprint density at radius 1 is 1.41 bits per heavy atom. The number of ether oxygens (including phenoxy) is 1. The van der Waals surface area contributed by atoms with Crippen LogP contribution in [0.15, 0.2) is 17.3 Å². The Bertz CT molecular complexity index is 336. The van der Waals surface area contributed by atoms with Crippen LogP contribution in [-0.4, -0.2) is 41.0 Å². The number of esters is 1. The van der Waals surface area contributed by atoms with Gasteiger partial charge in [0.2, 0.25) is 0 Å². The second-order valence-corrected chi connectivity index (χ2v) is 3.51. The molecule has 0 saturated heterocycles. The van der Waals surface area contributed by atoms with Gasteiger partial charge < -0.3 is 9.84 Å². The van der Waals surface area contributed by atoms with Gasteiger partial charge in [0.05, 0.1) is 6.54 Å². The van der Waals surface area contributed by atoms with Gasteiger partial charge in [-0.1, -0.05) is 13.5 Å². The number of amides is 1. The van der Waals surface area contributed by atoms with Crippen LogP contribution < -0.4 is 0 Å². The van der Waals surface area contributed by atoms with Gasteiger partial charge in [-0.25, -0.2) is 9.59 Å². The molecule has 1 amide bonds. The van der Waals surface area contributed by atoms with E-state index in [0.717, 1.165) is 5.01 Å². The Balaban J connectivity index is 4.25. The molecular formula is C11H18N2O4. The van der Waals surface area contributed by atoms with Crippen molar-refractivity contribution in [2.24, 2.45) is 5.10 Å². The van der Waals surface area contributed by atoms with Crippen LogP contribution in [0.3, 0.4) is 0 Å². The van der Waals surface area contributed by atoms with E-state index < -0.39 is 12.1 Å². The van der Waals surface area contributed by atoms with E-state index in [-0.39, 0.29) is 18.7 Å². The molecule has 96 valence electrons. The lowest BCUT2D eigenvalue weighted by molar-refractivity contribution is -0.139. The molecular weight excluding hydrogens is 224 g/mol. The summed E-state index contributed by atoms with van der Waals surface area (Å²) >= 11 is 0. The number of carboxylic acid groups (broad SMARTS) is 1. The highest BCUT2D eigenvalue weighted by Crippen LogP contribution is 1.97. The summed E-state index contributed by atoms with van der Waals surface area (Å²) in [6.45, 7) is 8.51. The maximum atomic E-state index is 11.0. The van der Waals surface area contributed by atoms with Gasteiger partial charge in [0, 0.05) is 11.3 Å². The summed E-state index contributed by atoms with van der Waals surface area (Å²) in [4.78, 5) is 21.9. The normalized spacial score (nSPS) is 10.9. The molecule has 0 atom stereocenters. The highest BCUT2D eigenvalue weighted by molar-refractivity contribution is 5.87. The van der Waals surface area contributed by atoms with Crippen LogP contribution in [0.4, 0.5) is 4.79 Å². The van der Waals surface area contributed by atoms with Crippen LogP contribution in [-0.2, 0) is 9.53 Å². The van der Waals surface area contributed by atoms with Crippen molar-refractivity contribution in [3.05, 3.63) is 12.2 Å². The third-order valence-electron chi connectivity index (χ3n) is 1.91. The molecule has 0 aliphatic heterocycles. The zero-order chi connectivity index (χ0) is 13.4. The molecule has 0 unspecified atom stereocenters. The van der Waals surface area contributed by atoms with Crippen molar-refractivity contribution in [2.45, 2.75) is 27.2 Å². The lowest BCUT2D eigenvalue weighted by Gasteiger charge is -2.14. The average molecular weight is 242 g/mol. The van der Waals surface area contributed by atoms with E-state index in [1.165, 1.54) is 6.92 Å². The molecule has 0 rings (SSSR count). The molecule has 0 aliphatic carbocycles. The van der Waals surface area contributed by atoms with Crippen molar-refractivity contribution in [2.75, 3.05) is 13.2 Å². The van der Waals surface area contributed by atoms with Gasteiger partial charge in [0.1, 0.15) is 6.61 Å². The molecule has 0 fully saturated rings. The van der Waals surface area contributed by atoms with E-state index in [1.807, 2.05) is 6.92 Å². The molecule has 0 spiro atoms. The fourth-order valence-corrected chi connectivity index (χ4v) is 0.813. The second kappa shape index (κ2) is 7.43. The first-order chi connectivity index (χ1) is 7.88. The van der Waals surface area contributed by atoms with Crippen molar-refractivity contribution < 1.29 is 19.4 Å². The summed E-state index contributed by atoms with van der Waals surface area (Å²) < 4.78 is 4.79. The van der Waals surface area contributed by atoms with Gasteiger partial charge in [0.15, 0.2) is 0 Å². The molecule has 0 aromatic carbocycles. The third kappa shape index (κ3) is 6.34. The van der Waals surface area contributed by atoms with Crippen LogP contribution in [0.25, 0.3) is 0 Å². The van der Waals surface area contributed by atoms with E-state index >= 15 is 0 Å². The van der Waals surface area contributed by atoms with Crippen LogP contribution in [0.2, 0.25) is 0 Å². The maximum absolute atomic E-state index is 11.0. The Morgan fingerprint density at radius 3 is 2.41 bits per heavy atom. The first-order valence-electron chi connectivity index (χ1n) is 5.25. The molecule has 1 N–H and O–H groups in total. The zero-order valence-corrected chi connectivity index (χ0v) is 10.4. The molecule has 0 radical (unpaired) electrons. The molecule has 0 saturated carbocycles. The third-order valence-corrected chi connectivity index (χ3v) is 1.91. The highest BCUT2D eigenvalue weighted by Gasteiger charge is 2.12. The number of nitrogens with zero attached hydrogens (tertiary/aromatic N) is 2. The van der Waals surface area contributed by atoms with E-state index in [2.05, 4.69) is 11.7 Å². The monoisotopic (exact) mass is 242 g/mol. The zero-order valence-electron chi connectivity index (χ0n) is 10.4. The molecule has 0 aromatic heterocycles. The molecule has 6 nitrogen and oxygen atoms in total. The molecule has 0 heterocycles. The van der Waals surface area contributed by atoms with Crippen LogP contribution in [0, 0.1) is 0 Å². The van der Waals surface area contributed by atoms with Crippen LogP contribution in [0.5, 0.6) is 0 Å². The largest absolute Gasteiger partial charge is 0.464 e. The molecule has 0 bridgehead atoms. The predicted octanol–water partition coefficient (Wildman–Crippen LogP) is 1.87. The number of hydrogen-bond donors (Lipinski definition) is 1. The lowest BCUT2D eigenvalue weighted by atomic mass is 10.3. The topological polar surface area (TPSA) is 79.2 Å². The van der Waals surface area contributed by atoms with Gasteiger partial charge in [-0.15, -0.1) is 0 Å². The van der Waals surface area contributed by atoms with Crippen LogP contribution >= 0.6 is 0 Å². The quantitative estimate of drug-likeness (QED) is 0.334. The molecule has 6 heteroatoms. The van der Waals surface area contributed by atoms with Gasteiger partial charge >= 0.3 is 12.1 Å². The maximum Gasteiger partial charge on any atom is 0.428 e. The minimum absolute atomic E-state index is 0.00565. The number of carbonyl (C=O) groups is 2. The highest BCUT2D eigenvalue weighted by atomic mass is 16.5. The van der Waals surface area contributed by atoms with Crippen molar-refractivity contribution in [1.82, 2.24) is 5.01 Å². The number of rotatable bonds is 6. The van der Waals surface area contributed by atoms with E-state index in [9.17, 15) is 9.59 Å². The molecule has 0 aromatic rings.